The van der Waals surface area contributed by atoms with Crippen molar-refractivity contribution >= 4 is 34.6 Å². The molecule has 1 aromatic carbocycles. The van der Waals surface area contributed by atoms with Gasteiger partial charge in [0.1, 0.15) is 18.1 Å². The van der Waals surface area contributed by atoms with Crippen LogP contribution < -0.4 is 21.7 Å². The number of carbonyl (C=O) groups excluding carboxylic acids is 3. The molecule has 1 heterocycles. The molecule has 7 N–H and O–H groups in total. The second-order valence-corrected chi connectivity index (χ2v) is 9.15. The molecular formula is C24H35N5O5. The van der Waals surface area contributed by atoms with E-state index in [1.807, 2.05) is 38.1 Å². The number of aromatic amines is 1. The summed E-state index contributed by atoms with van der Waals surface area (Å²) in [5.74, 6) is -3.08. The number of carboxylic acid groups (broad SMARTS) is 1. The lowest BCUT2D eigenvalue weighted by atomic mass is 9.99. The minimum atomic E-state index is -1.15. The predicted molar refractivity (Wildman–Crippen MR) is 129 cm³/mol. The molecule has 3 amide bonds. The standard InChI is InChI=1S/C24H35N5O5/c1-13(2)9-18(23(32)29-21(14(3)4)24(33)34)28-22(31)19(27-20(30)11-25)10-15-12-26-17-8-6-5-7-16(15)17/h5-8,12-14,18-19,21,26H,9-11,25H2,1-4H3,(H,27,30)(H,28,31)(H,29,32)(H,33,34). The summed E-state index contributed by atoms with van der Waals surface area (Å²) < 4.78 is 0. The summed E-state index contributed by atoms with van der Waals surface area (Å²) in [6, 6.07) is 4.56. The van der Waals surface area contributed by atoms with Gasteiger partial charge in [-0.1, -0.05) is 45.9 Å². The molecule has 2 aromatic rings. The summed E-state index contributed by atoms with van der Waals surface area (Å²) in [6.07, 6.45) is 2.26. The molecule has 2 rings (SSSR count). The molecule has 0 saturated heterocycles. The first-order chi connectivity index (χ1) is 16.0. The molecule has 10 heteroatoms. The average molecular weight is 474 g/mol. The molecule has 3 unspecified atom stereocenters. The van der Waals surface area contributed by atoms with Crippen molar-refractivity contribution in [3.8, 4) is 0 Å². The number of fused-ring (bicyclic) bond motifs is 1. The van der Waals surface area contributed by atoms with Gasteiger partial charge in [-0.3, -0.25) is 14.4 Å². The quantitative estimate of drug-likeness (QED) is 0.268. The van der Waals surface area contributed by atoms with E-state index in [1.54, 1.807) is 20.0 Å². The topological polar surface area (TPSA) is 166 Å². The van der Waals surface area contributed by atoms with E-state index >= 15 is 0 Å². The Morgan fingerprint density at radius 1 is 0.971 bits per heavy atom. The monoisotopic (exact) mass is 473 g/mol. The SMILES string of the molecule is CC(C)CC(NC(=O)C(Cc1c[nH]c2ccccc12)NC(=O)CN)C(=O)NC(C(=O)O)C(C)C. The van der Waals surface area contributed by atoms with Gasteiger partial charge < -0.3 is 31.8 Å². The van der Waals surface area contributed by atoms with E-state index in [9.17, 15) is 24.3 Å². The van der Waals surface area contributed by atoms with E-state index in [0.29, 0.717) is 6.42 Å². The molecule has 0 fully saturated rings. The zero-order valence-corrected chi connectivity index (χ0v) is 20.1. The highest BCUT2D eigenvalue weighted by Gasteiger charge is 2.31. The molecule has 0 aliphatic rings. The normalized spacial score (nSPS) is 14.0. The number of carbonyl (C=O) groups is 4. The van der Waals surface area contributed by atoms with E-state index in [4.69, 9.17) is 5.73 Å². The van der Waals surface area contributed by atoms with Gasteiger partial charge in [0, 0.05) is 23.5 Å². The number of carboxylic acids is 1. The molecule has 0 aliphatic carbocycles. The van der Waals surface area contributed by atoms with Gasteiger partial charge in [0.25, 0.3) is 0 Å². The first-order valence-corrected chi connectivity index (χ1v) is 11.4. The van der Waals surface area contributed by atoms with Crippen molar-refractivity contribution in [1.29, 1.82) is 0 Å². The Kier molecular flexibility index (Phi) is 9.61. The van der Waals surface area contributed by atoms with Crippen LogP contribution in [0.3, 0.4) is 0 Å². The second kappa shape index (κ2) is 12.2. The van der Waals surface area contributed by atoms with Crippen molar-refractivity contribution in [2.75, 3.05) is 6.54 Å². The van der Waals surface area contributed by atoms with E-state index in [0.717, 1.165) is 16.5 Å². The fourth-order valence-corrected chi connectivity index (χ4v) is 3.73. The minimum absolute atomic E-state index is 0.0454. The lowest BCUT2D eigenvalue weighted by molar-refractivity contribution is -0.143. The van der Waals surface area contributed by atoms with Gasteiger partial charge in [0.15, 0.2) is 0 Å². The van der Waals surface area contributed by atoms with Gasteiger partial charge >= 0.3 is 5.97 Å². The third-order valence-corrected chi connectivity index (χ3v) is 5.51. The maximum atomic E-state index is 13.2. The number of para-hydroxylation sites is 1. The number of rotatable bonds is 12. The van der Waals surface area contributed by atoms with Gasteiger partial charge in [0.05, 0.1) is 6.54 Å². The highest BCUT2D eigenvalue weighted by Crippen LogP contribution is 2.19. The van der Waals surface area contributed by atoms with Gasteiger partial charge in [-0.25, -0.2) is 4.79 Å². The largest absolute Gasteiger partial charge is 0.480 e. The molecule has 0 spiro atoms. The van der Waals surface area contributed by atoms with Crippen LogP contribution in [0.2, 0.25) is 0 Å². The Morgan fingerprint density at radius 2 is 1.62 bits per heavy atom. The number of aliphatic carboxylic acids is 1. The van der Waals surface area contributed by atoms with Crippen molar-refractivity contribution in [1.82, 2.24) is 20.9 Å². The molecule has 0 radical (unpaired) electrons. The molecule has 10 nitrogen and oxygen atoms in total. The minimum Gasteiger partial charge on any atom is -0.480 e. The summed E-state index contributed by atoms with van der Waals surface area (Å²) in [5.41, 5.74) is 7.16. The van der Waals surface area contributed by atoms with Crippen molar-refractivity contribution in [3.05, 3.63) is 36.0 Å². The van der Waals surface area contributed by atoms with Gasteiger partial charge in [-0.05, 0) is 29.9 Å². The fraction of sp³-hybridized carbons (Fsp3) is 0.500. The maximum Gasteiger partial charge on any atom is 0.326 e. The highest BCUT2D eigenvalue weighted by molar-refractivity contribution is 5.94. The van der Waals surface area contributed by atoms with Crippen molar-refractivity contribution in [3.63, 3.8) is 0 Å². The second-order valence-electron chi connectivity index (χ2n) is 9.15. The third-order valence-electron chi connectivity index (χ3n) is 5.51. The number of aromatic nitrogens is 1. The van der Waals surface area contributed by atoms with E-state index in [-0.39, 0.29) is 24.8 Å². The van der Waals surface area contributed by atoms with Crippen LogP contribution in [-0.2, 0) is 25.6 Å². The Hall–Kier alpha value is -3.40. The zero-order valence-electron chi connectivity index (χ0n) is 20.1. The van der Waals surface area contributed by atoms with Crippen molar-refractivity contribution in [2.45, 2.75) is 58.7 Å². The fourth-order valence-electron chi connectivity index (χ4n) is 3.73. The average Bonchev–Trinajstić information content (AvgIpc) is 3.18. The molecule has 0 saturated carbocycles. The van der Waals surface area contributed by atoms with E-state index in [1.165, 1.54) is 0 Å². The smallest absolute Gasteiger partial charge is 0.326 e. The molecule has 0 aliphatic heterocycles. The van der Waals surface area contributed by atoms with Crippen LogP contribution in [0.1, 0.15) is 39.7 Å². The Bertz CT molecular complexity index is 1020. The molecule has 0 bridgehead atoms. The molecule has 3 atom stereocenters. The zero-order chi connectivity index (χ0) is 25.4. The van der Waals surface area contributed by atoms with Crippen LogP contribution in [0.5, 0.6) is 0 Å². The first kappa shape index (κ1) is 26.8. The van der Waals surface area contributed by atoms with Gasteiger partial charge in [0.2, 0.25) is 17.7 Å². The maximum absolute atomic E-state index is 13.2. The summed E-state index contributed by atoms with van der Waals surface area (Å²) in [5, 5.41) is 18.2. The Labute approximate surface area is 199 Å². The Balaban J connectivity index is 2.25. The van der Waals surface area contributed by atoms with Crippen LogP contribution in [-0.4, -0.2) is 58.5 Å². The number of hydrogen-bond acceptors (Lipinski definition) is 5. The number of hydrogen-bond donors (Lipinski definition) is 6. The molecule has 1 aromatic heterocycles. The Morgan fingerprint density at radius 3 is 2.21 bits per heavy atom. The number of amides is 3. The molecule has 186 valence electrons. The summed E-state index contributed by atoms with van der Waals surface area (Å²) in [6.45, 7) is 6.87. The van der Waals surface area contributed by atoms with Crippen molar-refractivity contribution in [2.24, 2.45) is 17.6 Å². The van der Waals surface area contributed by atoms with Crippen LogP contribution >= 0.6 is 0 Å². The number of H-pyrrole nitrogens is 1. The predicted octanol–water partition coefficient (Wildman–Crippen LogP) is 0.910. The number of nitrogens with two attached hydrogens (primary N) is 1. The molecule has 34 heavy (non-hydrogen) atoms. The van der Waals surface area contributed by atoms with E-state index < -0.39 is 41.8 Å². The van der Waals surface area contributed by atoms with Crippen molar-refractivity contribution < 1.29 is 24.3 Å². The highest BCUT2D eigenvalue weighted by atomic mass is 16.4. The van der Waals surface area contributed by atoms with Gasteiger partial charge in [-0.15, -0.1) is 0 Å². The summed E-state index contributed by atoms with van der Waals surface area (Å²) in [7, 11) is 0. The van der Waals surface area contributed by atoms with Crippen LogP contribution in [0.4, 0.5) is 0 Å². The van der Waals surface area contributed by atoms with Crippen LogP contribution in [0.15, 0.2) is 30.5 Å². The van der Waals surface area contributed by atoms with Crippen LogP contribution in [0, 0.1) is 11.8 Å². The first-order valence-electron chi connectivity index (χ1n) is 11.4. The van der Waals surface area contributed by atoms with Gasteiger partial charge in [-0.2, -0.15) is 0 Å². The lowest BCUT2D eigenvalue weighted by Gasteiger charge is -2.26. The van der Waals surface area contributed by atoms with Crippen LogP contribution in [0.25, 0.3) is 10.9 Å². The van der Waals surface area contributed by atoms with E-state index in [2.05, 4.69) is 20.9 Å². The third kappa shape index (κ3) is 7.31. The number of benzene rings is 1. The summed E-state index contributed by atoms with van der Waals surface area (Å²) >= 11 is 0. The number of nitrogens with one attached hydrogen (secondary N) is 4. The molecular weight excluding hydrogens is 438 g/mol. The lowest BCUT2D eigenvalue weighted by Crippen LogP contribution is -2.57. The summed E-state index contributed by atoms with van der Waals surface area (Å²) in [4.78, 5) is 52.9.